The van der Waals surface area contributed by atoms with Crippen LogP contribution < -0.4 is 9.47 Å². The fourth-order valence-electron chi connectivity index (χ4n) is 6.96. The molecule has 5 heterocycles. The molecule has 2 aromatic heterocycles. The third-order valence-corrected chi connectivity index (χ3v) is 9.12. The van der Waals surface area contributed by atoms with Gasteiger partial charge in [-0.2, -0.15) is 0 Å². The third kappa shape index (κ3) is 4.94. The average molecular weight is 599 g/mol. The lowest BCUT2D eigenvalue weighted by Crippen LogP contribution is -2.59. The summed E-state index contributed by atoms with van der Waals surface area (Å²) in [5.74, 6) is 1.74. The van der Waals surface area contributed by atoms with Gasteiger partial charge in [0.1, 0.15) is 0 Å². The van der Waals surface area contributed by atoms with E-state index in [1.165, 1.54) is 11.1 Å². The number of imidazole rings is 2. The van der Waals surface area contributed by atoms with Crippen molar-refractivity contribution in [1.82, 2.24) is 19.1 Å². The predicted molar refractivity (Wildman–Crippen MR) is 173 cm³/mol. The molecule has 8 rings (SSSR count). The highest BCUT2D eigenvalue weighted by Crippen LogP contribution is 2.49. The maximum Gasteiger partial charge on any atom is 0.715 e. The van der Waals surface area contributed by atoms with Crippen molar-refractivity contribution in [3.05, 3.63) is 119 Å². The molecule has 3 aliphatic rings. The zero-order chi connectivity index (χ0) is 30.4. The molecule has 5 aromatic rings. The summed E-state index contributed by atoms with van der Waals surface area (Å²) in [5.41, 5.74) is 9.18. The molecule has 0 bridgehead atoms. The maximum atomic E-state index is 7.00. The highest BCUT2D eigenvalue weighted by atomic mass is 16.7. The lowest BCUT2D eigenvalue weighted by atomic mass is 10.00. The molecule has 3 aliphatic heterocycles. The lowest BCUT2D eigenvalue weighted by Gasteiger charge is -2.28. The number of rotatable bonds is 10. The number of hydrogen-bond donors (Lipinski definition) is 0. The van der Waals surface area contributed by atoms with Crippen LogP contribution in [0.5, 0.6) is 11.5 Å². The van der Waals surface area contributed by atoms with Crippen molar-refractivity contribution < 1.29 is 18.6 Å². The number of nitrogens with zero attached hydrogens (tertiary/aromatic N) is 6. The van der Waals surface area contributed by atoms with Gasteiger partial charge in [-0.15, -0.1) is 0 Å². The summed E-state index contributed by atoms with van der Waals surface area (Å²) < 4.78 is 22.6. The molecule has 8 nitrogen and oxygen atoms in total. The van der Waals surface area contributed by atoms with Gasteiger partial charge in [0.15, 0.2) is 23.9 Å². The number of fused-ring (bicyclic) bond motifs is 5. The normalized spacial score (nSPS) is 15.1. The van der Waals surface area contributed by atoms with E-state index in [0.717, 1.165) is 96.7 Å². The molecule has 226 valence electrons. The van der Waals surface area contributed by atoms with Gasteiger partial charge in [-0.25, -0.2) is 9.97 Å². The zero-order valence-electron chi connectivity index (χ0n) is 25.9. The Bertz CT molecular complexity index is 1800. The van der Waals surface area contributed by atoms with Gasteiger partial charge in [-0.1, -0.05) is 24.3 Å². The van der Waals surface area contributed by atoms with E-state index in [0.29, 0.717) is 0 Å². The molecule has 0 N–H and O–H groups in total. The van der Waals surface area contributed by atoms with Crippen LogP contribution in [0.25, 0.3) is 0 Å². The first kappa shape index (κ1) is 27.6. The quantitative estimate of drug-likeness (QED) is 0.133. The summed E-state index contributed by atoms with van der Waals surface area (Å²) in [4.78, 5) is 8.31. The van der Waals surface area contributed by atoms with Crippen molar-refractivity contribution in [2.45, 2.75) is 71.5 Å². The third-order valence-electron chi connectivity index (χ3n) is 9.12. The van der Waals surface area contributed by atoms with Crippen LogP contribution >= 0.6 is 0 Å². The van der Waals surface area contributed by atoms with E-state index in [1.807, 2.05) is 37.4 Å². The summed E-state index contributed by atoms with van der Waals surface area (Å²) in [7, 11) is 0. The number of benzene rings is 3. The summed E-state index contributed by atoms with van der Waals surface area (Å²) >= 11 is 0. The standard InChI is InChI=1S/C37H38N6O2/c1-27-19-29(9-5-7-15-40-17-13-38-25-40)21-31-23-42-33-11-3-4-12-34(33)43-24-32-22-30(10-6-8-16-41-18-14-39-26-41)20-28(2)36(32)45-37(42,43)44-35(27)31/h3-4,11-14,17-26H,5-10,15-16H2,1-2H3/q+2. The van der Waals surface area contributed by atoms with E-state index in [1.54, 1.807) is 0 Å². The van der Waals surface area contributed by atoms with E-state index < -0.39 is 6.03 Å². The van der Waals surface area contributed by atoms with Crippen molar-refractivity contribution in [2.24, 2.45) is 0 Å². The van der Waals surface area contributed by atoms with Gasteiger partial charge in [-0.3, -0.25) is 0 Å². The molecule has 0 unspecified atom stereocenters. The summed E-state index contributed by atoms with van der Waals surface area (Å²) in [5, 5.41) is 0. The number of hydrogen-bond acceptors (Lipinski definition) is 4. The first-order valence-electron chi connectivity index (χ1n) is 16.0. The van der Waals surface area contributed by atoms with Crippen molar-refractivity contribution >= 4 is 23.8 Å². The predicted octanol–water partition coefficient (Wildman–Crippen LogP) is 6.68. The van der Waals surface area contributed by atoms with E-state index in [2.05, 4.69) is 103 Å². The van der Waals surface area contributed by atoms with Gasteiger partial charge in [0.05, 0.1) is 23.8 Å². The maximum absolute atomic E-state index is 7.00. The Kier molecular flexibility index (Phi) is 6.85. The van der Waals surface area contributed by atoms with Crippen LogP contribution in [0.2, 0.25) is 0 Å². The minimum Gasteiger partial charge on any atom is -0.340 e. The van der Waals surface area contributed by atoms with Crippen molar-refractivity contribution in [1.29, 1.82) is 0 Å². The van der Waals surface area contributed by atoms with Crippen LogP contribution in [0.15, 0.2) is 86.0 Å². The molecule has 1 spiro atoms. The number of aromatic nitrogens is 4. The molecule has 0 fully saturated rings. The molecule has 0 radical (unpaired) electrons. The van der Waals surface area contributed by atoms with Crippen LogP contribution in [-0.4, -0.2) is 46.7 Å². The van der Waals surface area contributed by atoms with Crippen molar-refractivity contribution in [3.63, 3.8) is 0 Å². The van der Waals surface area contributed by atoms with Gasteiger partial charge < -0.3 is 18.6 Å². The second-order valence-corrected chi connectivity index (χ2v) is 12.4. The highest BCUT2D eigenvalue weighted by molar-refractivity contribution is 5.86. The summed E-state index contributed by atoms with van der Waals surface area (Å²) in [6, 6.07) is 16.4. The topological polar surface area (TPSA) is 60.1 Å². The molecule has 3 aromatic carbocycles. The summed E-state index contributed by atoms with van der Waals surface area (Å²) in [6.07, 6.45) is 22.4. The van der Waals surface area contributed by atoms with E-state index in [9.17, 15) is 0 Å². The second kappa shape index (κ2) is 11.2. The molecule has 0 saturated heterocycles. The Morgan fingerprint density at radius 2 is 1.16 bits per heavy atom. The zero-order valence-corrected chi connectivity index (χ0v) is 25.9. The van der Waals surface area contributed by atoms with Crippen LogP contribution in [0, 0.1) is 13.8 Å². The Morgan fingerprint density at radius 1 is 0.667 bits per heavy atom. The minimum absolute atomic E-state index is 0.871. The minimum atomic E-state index is -1.15. The number of para-hydroxylation sites is 2. The van der Waals surface area contributed by atoms with Gasteiger partial charge in [-0.05, 0) is 95.9 Å². The van der Waals surface area contributed by atoms with Crippen LogP contribution in [0.3, 0.4) is 0 Å². The molecule has 0 amide bonds. The molecule has 45 heavy (non-hydrogen) atoms. The Morgan fingerprint density at radius 3 is 1.60 bits per heavy atom. The fraction of sp³-hybridized carbons (Fsp3) is 0.297. The van der Waals surface area contributed by atoms with Gasteiger partial charge in [0.25, 0.3) is 11.4 Å². The van der Waals surface area contributed by atoms with Gasteiger partial charge >= 0.3 is 6.03 Å². The first-order valence-corrected chi connectivity index (χ1v) is 16.0. The van der Waals surface area contributed by atoms with Crippen LogP contribution in [0.4, 0.5) is 11.4 Å². The Labute approximate surface area is 263 Å². The largest absolute Gasteiger partial charge is 0.715 e. The highest BCUT2D eigenvalue weighted by Gasteiger charge is 2.72. The summed E-state index contributed by atoms with van der Waals surface area (Å²) in [6.45, 7) is 6.27. The second-order valence-electron chi connectivity index (χ2n) is 12.4. The average Bonchev–Trinajstić information content (AvgIpc) is 3.81. The Hall–Kier alpha value is -4.98. The molecule has 0 saturated carbocycles. The van der Waals surface area contributed by atoms with Gasteiger partial charge in [0.2, 0.25) is 0 Å². The van der Waals surface area contributed by atoms with Crippen molar-refractivity contribution in [3.8, 4) is 11.5 Å². The van der Waals surface area contributed by atoms with Crippen LogP contribution in [-0.2, 0) is 25.9 Å². The number of aryl methyl sites for hydroxylation is 6. The van der Waals surface area contributed by atoms with E-state index in [-0.39, 0.29) is 0 Å². The molecule has 0 aliphatic carbocycles. The SMILES string of the molecule is Cc1cc(CCCCn2ccnc2)cc2c1OC13Oc4c(C)cc(CCCCn5ccnc5)cc4C=[N+]1c1ccccc1[N+]3=C2. The molecular formula is C37H38N6O2+2. The monoisotopic (exact) mass is 598 g/mol. The number of unbranched alkanes of at least 4 members (excludes halogenated alkanes) is 2. The molecule has 0 atom stereocenters. The lowest BCUT2D eigenvalue weighted by molar-refractivity contribution is -0.831. The molecular weight excluding hydrogens is 560 g/mol. The Balaban J connectivity index is 1.08. The van der Waals surface area contributed by atoms with E-state index >= 15 is 0 Å². The first-order chi connectivity index (χ1) is 22.1. The smallest absolute Gasteiger partial charge is 0.340 e. The van der Waals surface area contributed by atoms with E-state index in [4.69, 9.17) is 9.47 Å². The van der Waals surface area contributed by atoms with Crippen LogP contribution in [0.1, 0.15) is 59.1 Å². The van der Waals surface area contributed by atoms with Crippen molar-refractivity contribution in [2.75, 3.05) is 0 Å². The fourth-order valence-corrected chi connectivity index (χ4v) is 6.96. The molecule has 8 heteroatoms. The number of ether oxygens (including phenoxy) is 2. The van der Waals surface area contributed by atoms with Gasteiger partial charge in [0, 0.05) is 50.0 Å².